The predicted octanol–water partition coefficient (Wildman–Crippen LogP) is 4.29. The Bertz CT molecular complexity index is 1710. The van der Waals surface area contributed by atoms with E-state index in [4.69, 9.17) is 9.72 Å². The molecule has 202 valence electrons. The van der Waals surface area contributed by atoms with Gasteiger partial charge in [-0.3, -0.25) is 9.59 Å². The third-order valence-corrected chi connectivity index (χ3v) is 8.50. The molecule has 39 heavy (non-hydrogen) atoms. The van der Waals surface area contributed by atoms with Crippen LogP contribution in [-0.4, -0.2) is 53.6 Å². The highest BCUT2D eigenvalue weighted by Crippen LogP contribution is 2.34. The van der Waals surface area contributed by atoms with Crippen LogP contribution in [0.25, 0.3) is 22.3 Å². The summed E-state index contributed by atoms with van der Waals surface area (Å²) in [4.78, 5) is 30.3. The number of amides is 2. The number of aryl methyl sites for hydroxylation is 2. The van der Waals surface area contributed by atoms with Crippen molar-refractivity contribution in [3.05, 3.63) is 65.4 Å². The van der Waals surface area contributed by atoms with E-state index in [0.717, 1.165) is 11.1 Å². The van der Waals surface area contributed by atoms with Crippen LogP contribution in [0.1, 0.15) is 41.0 Å². The van der Waals surface area contributed by atoms with E-state index in [0.29, 0.717) is 51.5 Å². The summed E-state index contributed by atoms with van der Waals surface area (Å²) in [5.74, 6) is -0.171. The number of pyridine rings is 1. The minimum Gasteiger partial charge on any atom is -0.495 e. The Morgan fingerprint density at radius 1 is 1.05 bits per heavy atom. The van der Waals surface area contributed by atoms with Crippen molar-refractivity contribution in [2.45, 2.75) is 33.2 Å². The van der Waals surface area contributed by atoms with Crippen molar-refractivity contribution in [3.8, 4) is 17.0 Å². The lowest BCUT2D eigenvalue weighted by molar-refractivity contribution is -0.114. The fraction of sp³-hybridized carbons (Fsp3) is 0.286. The Kier molecular flexibility index (Phi) is 6.85. The van der Waals surface area contributed by atoms with Gasteiger partial charge in [-0.2, -0.15) is 5.10 Å². The van der Waals surface area contributed by atoms with Crippen LogP contribution in [0.2, 0.25) is 0 Å². The van der Waals surface area contributed by atoms with Gasteiger partial charge >= 0.3 is 0 Å². The van der Waals surface area contributed by atoms with Gasteiger partial charge in [0.25, 0.3) is 5.91 Å². The quantitative estimate of drug-likeness (QED) is 0.368. The number of benzene rings is 2. The summed E-state index contributed by atoms with van der Waals surface area (Å²) in [6, 6.07) is 14.1. The Morgan fingerprint density at radius 3 is 2.44 bits per heavy atom. The van der Waals surface area contributed by atoms with Crippen LogP contribution in [0.3, 0.4) is 0 Å². The molecule has 1 unspecified atom stereocenters. The third-order valence-electron chi connectivity index (χ3n) is 6.75. The van der Waals surface area contributed by atoms with Gasteiger partial charge in [0.1, 0.15) is 5.75 Å². The van der Waals surface area contributed by atoms with E-state index >= 15 is 0 Å². The van der Waals surface area contributed by atoms with Crippen molar-refractivity contribution in [2.24, 2.45) is 0 Å². The molecule has 1 atom stereocenters. The Labute approximate surface area is 226 Å². The van der Waals surface area contributed by atoms with Crippen LogP contribution >= 0.6 is 0 Å². The summed E-state index contributed by atoms with van der Waals surface area (Å²) < 4.78 is 31.6. The monoisotopic (exact) mass is 547 g/mol. The first-order valence-corrected chi connectivity index (χ1v) is 14.3. The van der Waals surface area contributed by atoms with Crippen molar-refractivity contribution in [2.75, 3.05) is 29.2 Å². The molecule has 2 aromatic heterocycles. The molecule has 2 N–H and O–H groups in total. The smallest absolute Gasteiger partial charge is 0.256 e. The molecule has 0 saturated carbocycles. The number of carbonyl (C=O) groups is 2. The number of aromatic nitrogens is 3. The lowest BCUT2D eigenvalue weighted by Gasteiger charge is -2.14. The highest BCUT2D eigenvalue weighted by atomic mass is 32.2. The molecule has 4 aromatic rings. The van der Waals surface area contributed by atoms with Gasteiger partial charge < -0.3 is 15.4 Å². The SMILES string of the molecule is COc1ccc(NC(C)=O)cc1NC(=O)c1cc(-c2ccc(C)cc2)nc2c1c(C)nn2C1CCS(=O)(=O)C1. The number of rotatable bonds is 6. The third kappa shape index (κ3) is 5.35. The average molecular weight is 548 g/mol. The van der Waals surface area contributed by atoms with Crippen molar-refractivity contribution in [1.82, 2.24) is 14.8 Å². The van der Waals surface area contributed by atoms with Crippen LogP contribution in [0.15, 0.2) is 48.5 Å². The molecule has 1 aliphatic heterocycles. The maximum atomic E-state index is 13.8. The zero-order valence-electron chi connectivity index (χ0n) is 22.1. The molecule has 11 heteroatoms. The predicted molar refractivity (Wildman–Crippen MR) is 150 cm³/mol. The number of carbonyl (C=O) groups excluding carboxylic acids is 2. The van der Waals surface area contributed by atoms with Crippen molar-refractivity contribution < 1.29 is 22.7 Å². The molecule has 0 bridgehead atoms. The molecule has 5 rings (SSSR count). The topological polar surface area (TPSA) is 132 Å². The molecule has 1 aliphatic rings. The number of nitrogens with zero attached hydrogens (tertiary/aromatic N) is 3. The van der Waals surface area contributed by atoms with Crippen molar-refractivity contribution >= 4 is 44.1 Å². The summed E-state index contributed by atoms with van der Waals surface area (Å²) in [5, 5.41) is 10.8. The van der Waals surface area contributed by atoms with Gasteiger partial charge in [-0.15, -0.1) is 0 Å². The number of anilines is 2. The maximum Gasteiger partial charge on any atom is 0.256 e. The molecular formula is C28H29N5O5S. The number of methoxy groups -OCH3 is 1. The van der Waals surface area contributed by atoms with Crippen molar-refractivity contribution in [1.29, 1.82) is 0 Å². The largest absolute Gasteiger partial charge is 0.495 e. The fourth-order valence-corrected chi connectivity index (χ4v) is 6.56. The number of fused-ring (bicyclic) bond motifs is 1. The molecule has 3 heterocycles. The van der Waals surface area contributed by atoms with Gasteiger partial charge in [0.05, 0.1) is 52.7 Å². The number of nitrogens with one attached hydrogen (secondary N) is 2. The lowest BCUT2D eigenvalue weighted by Crippen LogP contribution is -2.16. The second kappa shape index (κ2) is 10.1. The van der Waals surface area contributed by atoms with Gasteiger partial charge in [-0.05, 0) is 44.5 Å². The zero-order valence-corrected chi connectivity index (χ0v) is 22.9. The molecule has 1 fully saturated rings. The van der Waals surface area contributed by atoms with Gasteiger partial charge in [-0.1, -0.05) is 29.8 Å². The van der Waals surface area contributed by atoms with Crippen LogP contribution < -0.4 is 15.4 Å². The normalized spacial score (nSPS) is 16.3. The van der Waals surface area contributed by atoms with Gasteiger partial charge in [0.15, 0.2) is 15.5 Å². The van der Waals surface area contributed by atoms with Crippen LogP contribution in [0.5, 0.6) is 5.75 Å². The van der Waals surface area contributed by atoms with E-state index in [1.807, 2.05) is 31.2 Å². The Balaban J connectivity index is 1.65. The summed E-state index contributed by atoms with van der Waals surface area (Å²) in [5.41, 5.74) is 4.71. The lowest BCUT2D eigenvalue weighted by atomic mass is 10.0. The standard InChI is InChI=1S/C28H29N5O5S/c1-16-5-7-19(8-6-16)23-14-22(28(35)31-24-13-20(29-18(3)34)9-10-25(24)38-4)26-17(2)32-33(27(26)30-23)21-11-12-39(36,37)15-21/h5-10,13-14,21H,11-12,15H2,1-4H3,(H,29,34)(H,31,35). The van der Waals surface area contributed by atoms with E-state index in [1.165, 1.54) is 14.0 Å². The molecule has 0 spiro atoms. The van der Waals surface area contributed by atoms with E-state index in [9.17, 15) is 18.0 Å². The molecule has 2 aromatic carbocycles. The zero-order chi connectivity index (χ0) is 27.9. The van der Waals surface area contributed by atoms with Crippen molar-refractivity contribution in [3.63, 3.8) is 0 Å². The highest BCUT2D eigenvalue weighted by Gasteiger charge is 2.32. The second-order valence-electron chi connectivity index (χ2n) is 9.76. The van der Waals surface area contributed by atoms with Crippen LogP contribution in [0, 0.1) is 13.8 Å². The molecule has 2 amide bonds. The maximum absolute atomic E-state index is 13.8. The first kappa shape index (κ1) is 26.4. The van der Waals surface area contributed by atoms with E-state index in [-0.39, 0.29) is 23.5 Å². The van der Waals surface area contributed by atoms with E-state index < -0.39 is 15.7 Å². The molecule has 0 radical (unpaired) electrons. The van der Waals surface area contributed by atoms with Gasteiger partial charge in [0.2, 0.25) is 5.91 Å². The molecular weight excluding hydrogens is 518 g/mol. The molecule has 1 saturated heterocycles. The Hall–Kier alpha value is -4.25. The summed E-state index contributed by atoms with van der Waals surface area (Å²) in [6.45, 7) is 5.17. The van der Waals surface area contributed by atoms with E-state index in [1.54, 1.807) is 35.9 Å². The Morgan fingerprint density at radius 2 is 1.79 bits per heavy atom. The molecule has 0 aliphatic carbocycles. The van der Waals surface area contributed by atoms with Gasteiger partial charge in [0, 0.05) is 18.2 Å². The summed E-state index contributed by atoms with van der Waals surface area (Å²) >= 11 is 0. The first-order valence-electron chi connectivity index (χ1n) is 12.5. The summed E-state index contributed by atoms with van der Waals surface area (Å²) in [7, 11) is -1.68. The minimum atomic E-state index is -3.17. The van der Waals surface area contributed by atoms with Gasteiger partial charge in [-0.25, -0.2) is 18.1 Å². The first-order chi connectivity index (χ1) is 18.5. The minimum absolute atomic E-state index is 0.0195. The number of hydrogen-bond acceptors (Lipinski definition) is 7. The summed E-state index contributed by atoms with van der Waals surface area (Å²) in [6.07, 6.45) is 0.434. The molecule has 10 nitrogen and oxygen atoms in total. The number of sulfone groups is 1. The average Bonchev–Trinajstić information content (AvgIpc) is 3.42. The number of hydrogen-bond donors (Lipinski definition) is 2. The number of ether oxygens (including phenoxy) is 1. The van der Waals surface area contributed by atoms with Crippen LogP contribution in [-0.2, 0) is 14.6 Å². The fourth-order valence-electron chi connectivity index (χ4n) is 4.86. The highest BCUT2D eigenvalue weighted by molar-refractivity contribution is 7.91. The second-order valence-corrected chi connectivity index (χ2v) is 12.0. The van der Waals surface area contributed by atoms with Crippen LogP contribution in [0.4, 0.5) is 11.4 Å². The van der Waals surface area contributed by atoms with E-state index in [2.05, 4.69) is 15.7 Å².